The number of nitrogens with one attached hydrogen (secondary N) is 1. The fourth-order valence-corrected chi connectivity index (χ4v) is 2.20. The highest BCUT2D eigenvalue weighted by molar-refractivity contribution is 9.10. The molecule has 0 fully saturated rings. The first kappa shape index (κ1) is 18.0. The molecule has 0 aliphatic heterocycles. The molecule has 3 nitrogen and oxygen atoms in total. The number of hydrogen-bond acceptors (Lipinski definition) is 3. The first-order valence-electron chi connectivity index (χ1n) is 7.26. The lowest BCUT2D eigenvalue weighted by Gasteiger charge is -2.12. The molecule has 4 heteroatoms. The smallest absolute Gasteiger partial charge is 0.148 e. The van der Waals surface area contributed by atoms with E-state index in [1.807, 2.05) is 18.2 Å². The fraction of sp³-hybridized carbons (Fsp3) is 0.529. The van der Waals surface area contributed by atoms with Gasteiger partial charge in [-0.3, -0.25) is 0 Å². The number of terminal acetylenes is 1. The molecule has 0 unspecified atom stereocenters. The fourth-order valence-electron chi connectivity index (χ4n) is 1.79. The van der Waals surface area contributed by atoms with Crippen LogP contribution in [-0.2, 0) is 11.3 Å². The average molecular weight is 354 g/mol. The molecule has 1 N–H and O–H groups in total. The minimum Gasteiger partial charge on any atom is -0.481 e. The molecule has 1 rings (SSSR count). The lowest BCUT2D eigenvalue weighted by Crippen LogP contribution is -2.17. The van der Waals surface area contributed by atoms with Crippen molar-refractivity contribution >= 4 is 15.9 Å². The molecular weight excluding hydrogens is 330 g/mol. The Bertz CT molecular complexity index is 455. The number of rotatable bonds is 10. The maximum atomic E-state index is 5.55. The summed E-state index contributed by atoms with van der Waals surface area (Å²) in [4.78, 5) is 0. The van der Waals surface area contributed by atoms with E-state index in [4.69, 9.17) is 15.9 Å². The number of benzene rings is 1. The summed E-state index contributed by atoms with van der Waals surface area (Å²) in [5, 5.41) is 3.40. The van der Waals surface area contributed by atoms with Crippen molar-refractivity contribution in [3.63, 3.8) is 0 Å². The van der Waals surface area contributed by atoms with E-state index >= 15 is 0 Å². The summed E-state index contributed by atoms with van der Waals surface area (Å²) < 4.78 is 12.1. The third-order valence-corrected chi connectivity index (χ3v) is 3.24. The van der Waals surface area contributed by atoms with Crippen LogP contribution in [0, 0.1) is 18.3 Å². The minimum absolute atomic E-state index is 0.289. The van der Waals surface area contributed by atoms with E-state index in [0.717, 1.165) is 48.5 Å². The molecule has 0 heterocycles. The van der Waals surface area contributed by atoms with Gasteiger partial charge in [-0.1, -0.05) is 35.7 Å². The SMILES string of the molecule is C#CCOc1ccc(Br)cc1CNCCCOCC(C)C. The summed E-state index contributed by atoms with van der Waals surface area (Å²) >= 11 is 3.48. The van der Waals surface area contributed by atoms with Crippen LogP contribution in [0.15, 0.2) is 22.7 Å². The molecule has 0 saturated carbocycles. The quantitative estimate of drug-likeness (QED) is 0.514. The Hall–Kier alpha value is -1.02. The predicted molar refractivity (Wildman–Crippen MR) is 90.5 cm³/mol. The standard InChI is InChI=1S/C17H24BrNO2/c1-4-9-21-17-7-6-16(18)11-15(17)12-19-8-5-10-20-13-14(2)3/h1,6-7,11,14,19H,5,8-10,12-13H2,2-3H3. The monoisotopic (exact) mass is 353 g/mol. The van der Waals surface area contributed by atoms with E-state index in [9.17, 15) is 0 Å². The third kappa shape index (κ3) is 8.11. The Morgan fingerprint density at radius 1 is 1.38 bits per heavy atom. The topological polar surface area (TPSA) is 30.5 Å². The lowest BCUT2D eigenvalue weighted by atomic mass is 10.2. The summed E-state index contributed by atoms with van der Waals surface area (Å²) in [6.07, 6.45) is 6.23. The molecule has 1 aromatic rings. The van der Waals surface area contributed by atoms with Crippen molar-refractivity contribution in [2.75, 3.05) is 26.4 Å². The Balaban J connectivity index is 2.30. The first-order valence-corrected chi connectivity index (χ1v) is 8.06. The molecule has 21 heavy (non-hydrogen) atoms. The zero-order valence-electron chi connectivity index (χ0n) is 12.8. The maximum absolute atomic E-state index is 5.55. The normalized spacial score (nSPS) is 10.6. The molecule has 1 aromatic carbocycles. The molecule has 0 atom stereocenters. The van der Waals surface area contributed by atoms with Crippen LogP contribution in [0.25, 0.3) is 0 Å². The second-order valence-electron chi connectivity index (χ2n) is 5.24. The minimum atomic E-state index is 0.289. The Morgan fingerprint density at radius 3 is 2.90 bits per heavy atom. The number of halogens is 1. The summed E-state index contributed by atoms with van der Waals surface area (Å²) in [5.74, 6) is 3.91. The third-order valence-electron chi connectivity index (χ3n) is 2.74. The Kier molecular flexibility index (Phi) is 9.16. The van der Waals surface area contributed by atoms with Gasteiger partial charge in [0.1, 0.15) is 12.4 Å². The number of hydrogen-bond donors (Lipinski definition) is 1. The van der Waals surface area contributed by atoms with Gasteiger partial charge in [-0.15, -0.1) is 6.42 Å². The van der Waals surface area contributed by atoms with E-state index in [2.05, 4.69) is 41.0 Å². The van der Waals surface area contributed by atoms with Crippen molar-refractivity contribution in [1.29, 1.82) is 0 Å². The van der Waals surface area contributed by atoms with Crippen molar-refractivity contribution in [2.45, 2.75) is 26.8 Å². The van der Waals surface area contributed by atoms with Gasteiger partial charge in [0, 0.05) is 29.8 Å². The van der Waals surface area contributed by atoms with Gasteiger partial charge in [0.25, 0.3) is 0 Å². The molecule has 0 aliphatic rings. The second-order valence-corrected chi connectivity index (χ2v) is 6.16. The van der Waals surface area contributed by atoms with Crippen molar-refractivity contribution in [2.24, 2.45) is 5.92 Å². The molecule has 0 spiro atoms. The van der Waals surface area contributed by atoms with Gasteiger partial charge in [-0.25, -0.2) is 0 Å². The van der Waals surface area contributed by atoms with Crippen LogP contribution in [-0.4, -0.2) is 26.4 Å². The summed E-state index contributed by atoms with van der Waals surface area (Å²) in [5.41, 5.74) is 1.10. The summed E-state index contributed by atoms with van der Waals surface area (Å²) in [6, 6.07) is 5.94. The van der Waals surface area contributed by atoms with Crippen molar-refractivity contribution in [3.05, 3.63) is 28.2 Å². The van der Waals surface area contributed by atoms with Crippen molar-refractivity contribution < 1.29 is 9.47 Å². The Morgan fingerprint density at radius 2 is 2.19 bits per heavy atom. The molecule has 0 saturated heterocycles. The van der Waals surface area contributed by atoms with Gasteiger partial charge in [0.05, 0.1) is 0 Å². The highest BCUT2D eigenvalue weighted by atomic mass is 79.9. The van der Waals surface area contributed by atoms with Gasteiger partial charge in [-0.05, 0) is 37.1 Å². The van der Waals surface area contributed by atoms with E-state index in [1.165, 1.54) is 0 Å². The van der Waals surface area contributed by atoms with Crippen LogP contribution >= 0.6 is 15.9 Å². The molecule has 0 aromatic heterocycles. The molecule has 0 radical (unpaired) electrons. The highest BCUT2D eigenvalue weighted by Crippen LogP contribution is 2.23. The molecule has 0 aliphatic carbocycles. The molecular formula is C17H24BrNO2. The van der Waals surface area contributed by atoms with Crippen LogP contribution in [0.1, 0.15) is 25.8 Å². The average Bonchev–Trinajstić information content (AvgIpc) is 2.45. The molecule has 0 bridgehead atoms. The first-order chi connectivity index (χ1) is 10.1. The predicted octanol–water partition coefficient (Wildman–Crippen LogP) is 3.61. The number of ether oxygens (including phenoxy) is 2. The van der Waals surface area contributed by atoms with E-state index in [0.29, 0.717) is 5.92 Å². The van der Waals surface area contributed by atoms with Crippen LogP contribution in [0.5, 0.6) is 5.75 Å². The van der Waals surface area contributed by atoms with E-state index in [1.54, 1.807) is 0 Å². The van der Waals surface area contributed by atoms with Gasteiger partial charge >= 0.3 is 0 Å². The summed E-state index contributed by atoms with van der Waals surface area (Å²) in [7, 11) is 0. The van der Waals surface area contributed by atoms with E-state index in [-0.39, 0.29) is 6.61 Å². The van der Waals surface area contributed by atoms with Crippen molar-refractivity contribution in [3.8, 4) is 18.1 Å². The molecule has 116 valence electrons. The van der Waals surface area contributed by atoms with Crippen LogP contribution in [0.4, 0.5) is 0 Å². The zero-order chi connectivity index (χ0) is 15.5. The summed E-state index contributed by atoms with van der Waals surface area (Å²) in [6.45, 7) is 7.90. The zero-order valence-corrected chi connectivity index (χ0v) is 14.4. The lowest BCUT2D eigenvalue weighted by molar-refractivity contribution is 0.108. The maximum Gasteiger partial charge on any atom is 0.148 e. The van der Waals surface area contributed by atoms with Gasteiger partial charge < -0.3 is 14.8 Å². The van der Waals surface area contributed by atoms with Gasteiger partial charge in [0.2, 0.25) is 0 Å². The van der Waals surface area contributed by atoms with Gasteiger partial charge in [0.15, 0.2) is 0 Å². The Labute approximate surface area is 136 Å². The van der Waals surface area contributed by atoms with Crippen LogP contribution < -0.4 is 10.1 Å². The molecule has 0 amide bonds. The highest BCUT2D eigenvalue weighted by Gasteiger charge is 2.04. The van der Waals surface area contributed by atoms with E-state index < -0.39 is 0 Å². The van der Waals surface area contributed by atoms with Crippen LogP contribution in [0.2, 0.25) is 0 Å². The van der Waals surface area contributed by atoms with Crippen LogP contribution in [0.3, 0.4) is 0 Å². The van der Waals surface area contributed by atoms with Crippen molar-refractivity contribution in [1.82, 2.24) is 5.32 Å². The second kappa shape index (κ2) is 10.7. The van der Waals surface area contributed by atoms with Gasteiger partial charge in [-0.2, -0.15) is 0 Å². The largest absolute Gasteiger partial charge is 0.481 e.